The summed E-state index contributed by atoms with van der Waals surface area (Å²) >= 11 is 0. The molecule has 4 N–H and O–H groups in total. The van der Waals surface area contributed by atoms with Crippen molar-refractivity contribution in [2.24, 2.45) is 5.92 Å². The number of imide groups is 1. The number of amides is 4. The van der Waals surface area contributed by atoms with Gasteiger partial charge in [0.15, 0.2) is 0 Å². The fourth-order valence-corrected chi connectivity index (χ4v) is 3.37. The molecule has 2 aromatic rings. The highest BCUT2D eigenvalue weighted by Gasteiger charge is 2.39. The zero-order valence-electron chi connectivity index (χ0n) is 16.1. The van der Waals surface area contributed by atoms with Gasteiger partial charge in [-0.25, -0.2) is 4.79 Å². The van der Waals surface area contributed by atoms with Gasteiger partial charge in [0.2, 0.25) is 5.91 Å². The number of aliphatic hydroxyl groups excluding tert-OH is 1. The van der Waals surface area contributed by atoms with Gasteiger partial charge in [0.05, 0.1) is 19.1 Å². The van der Waals surface area contributed by atoms with E-state index in [9.17, 15) is 19.5 Å². The number of hydrogen-bond donors (Lipinski definition) is 4. The minimum Gasteiger partial charge on any atom is -0.394 e. The smallest absolute Gasteiger partial charge is 0.324 e. The lowest BCUT2D eigenvalue weighted by molar-refractivity contribution is -0.131. The first-order valence-corrected chi connectivity index (χ1v) is 9.47. The number of carbonyl (C=O) groups is 3. The Kier molecular flexibility index (Phi) is 5.99. The number of nitrogens with zero attached hydrogens (tertiary/aromatic N) is 1. The van der Waals surface area contributed by atoms with E-state index in [0.29, 0.717) is 6.42 Å². The lowest BCUT2D eigenvalue weighted by Crippen LogP contribution is -2.44. The highest BCUT2D eigenvalue weighted by Crippen LogP contribution is 2.19. The lowest BCUT2D eigenvalue weighted by atomic mass is 10.0. The molecule has 4 amide bonds. The molecule has 0 unspecified atom stereocenters. The number of carbonyl (C=O) groups excluding carboxylic acids is 3. The Labute approximate surface area is 163 Å². The maximum atomic E-state index is 12.6. The van der Waals surface area contributed by atoms with Crippen LogP contribution >= 0.6 is 0 Å². The molecule has 28 heavy (non-hydrogen) atoms. The second-order valence-electron chi connectivity index (χ2n) is 7.41. The summed E-state index contributed by atoms with van der Waals surface area (Å²) in [4.78, 5) is 41.3. The van der Waals surface area contributed by atoms with Crippen LogP contribution in [0.15, 0.2) is 30.5 Å². The Bertz CT molecular complexity index is 876. The van der Waals surface area contributed by atoms with Crippen molar-refractivity contribution in [1.82, 2.24) is 20.5 Å². The van der Waals surface area contributed by atoms with Gasteiger partial charge < -0.3 is 20.7 Å². The Morgan fingerprint density at radius 3 is 2.75 bits per heavy atom. The third-order valence-corrected chi connectivity index (χ3v) is 5.12. The lowest BCUT2D eigenvalue weighted by Gasteiger charge is -2.20. The van der Waals surface area contributed by atoms with Crippen LogP contribution < -0.4 is 10.6 Å². The molecule has 1 fully saturated rings. The number of hydrogen-bond acceptors (Lipinski definition) is 4. The number of urea groups is 1. The number of fused-ring (bicyclic) bond motifs is 1. The van der Waals surface area contributed by atoms with Crippen molar-refractivity contribution in [3.8, 4) is 0 Å². The Morgan fingerprint density at radius 2 is 2.04 bits per heavy atom. The van der Waals surface area contributed by atoms with Gasteiger partial charge >= 0.3 is 6.03 Å². The van der Waals surface area contributed by atoms with Crippen molar-refractivity contribution in [3.05, 3.63) is 36.0 Å². The van der Waals surface area contributed by atoms with E-state index in [4.69, 9.17) is 0 Å². The summed E-state index contributed by atoms with van der Waals surface area (Å²) in [7, 11) is 0. The SMILES string of the molecule is CC(C)[C@@H](CO)NC(=O)C[C@H]1NC(=O)N(CCc2c[nH]c3ccccc23)C1=O. The fraction of sp³-hybridized carbons (Fsp3) is 0.450. The van der Waals surface area contributed by atoms with Crippen LogP contribution in [-0.2, 0) is 16.0 Å². The number of benzene rings is 1. The van der Waals surface area contributed by atoms with E-state index in [1.165, 1.54) is 0 Å². The molecule has 1 saturated heterocycles. The van der Waals surface area contributed by atoms with Gasteiger partial charge in [0.1, 0.15) is 6.04 Å². The molecule has 1 aliphatic rings. The first kappa shape index (κ1) is 19.9. The summed E-state index contributed by atoms with van der Waals surface area (Å²) < 4.78 is 0. The molecule has 0 saturated carbocycles. The van der Waals surface area contributed by atoms with Gasteiger partial charge in [0, 0.05) is 23.6 Å². The van der Waals surface area contributed by atoms with E-state index in [1.807, 2.05) is 44.3 Å². The van der Waals surface area contributed by atoms with E-state index < -0.39 is 18.0 Å². The van der Waals surface area contributed by atoms with Crippen molar-refractivity contribution in [1.29, 1.82) is 0 Å². The summed E-state index contributed by atoms with van der Waals surface area (Å²) in [5.41, 5.74) is 2.04. The summed E-state index contributed by atoms with van der Waals surface area (Å²) in [6, 6.07) is 6.12. The molecular weight excluding hydrogens is 360 g/mol. The molecule has 8 nitrogen and oxygen atoms in total. The van der Waals surface area contributed by atoms with E-state index >= 15 is 0 Å². The predicted molar refractivity (Wildman–Crippen MR) is 105 cm³/mol. The number of aromatic amines is 1. The molecule has 2 heterocycles. The fourth-order valence-electron chi connectivity index (χ4n) is 3.37. The van der Waals surface area contributed by atoms with Crippen molar-refractivity contribution in [3.63, 3.8) is 0 Å². The zero-order valence-corrected chi connectivity index (χ0v) is 16.1. The molecule has 0 radical (unpaired) electrons. The Morgan fingerprint density at radius 1 is 1.29 bits per heavy atom. The second kappa shape index (κ2) is 8.43. The van der Waals surface area contributed by atoms with Crippen LogP contribution in [0.25, 0.3) is 10.9 Å². The van der Waals surface area contributed by atoms with Crippen LogP contribution in [0.3, 0.4) is 0 Å². The molecule has 1 aromatic carbocycles. The average Bonchev–Trinajstić information content (AvgIpc) is 3.19. The molecule has 0 aliphatic carbocycles. The van der Waals surface area contributed by atoms with Crippen molar-refractivity contribution >= 4 is 28.7 Å². The number of aliphatic hydroxyl groups is 1. The van der Waals surface area contributed by atoms with Crippen LogP contribution in [0, 0.1) is 5.92 Å². The molecule has 8 heteroatoms. The summed E-state index contributed by atoms with van der Waals surface area (Å²) in [6.45, 7) is 3.84. The van der Waals surface area contributed by atoms with Gasteiger partial charge in [0.25, 0.3) is 5.91 Å². The molecule has 150 valence electrons. The van der Waals surface area contributed by atoms with Crippen molar-refractivity contribution in [2.75, 3.05) is 13.2 Å². The van der Waals surface area contributed by atoms with Crippen molar-refractivity contribution < 1.29 is 19.5 Å². The normalized spacial score (nSPS) is 18.0. The van der Waals surface area contributed by atoms with Crippen LogP contribution in [0.5, 0.6) is 0 Å². The monoisotopic (exact) mass is 386 g/mol. The first-order valence-electron chi connectivity index (χ1n) is 9.47. The molecule has 0 bridgehead atoms. The van der Waals surface area contributed by atoms with Gasteiger partial charge in [-0.15, -0.1) is 0 Å². The molecule has 3 rings (SSSR count). The summed E-state index contributed by atoms with van der Waals surface area (Å²) in [5.74, 6) is -0.703. The summed E-state index contributed by atoms with van der Waals surface area (Å²) in [5, 5.41) is 15.7. The second-order valence-corrected chi connectivity index (χ2v) is 7.41. The van der Waals surface area contributed by atoms with E-state index in [2.05, 4.69) is 15.6 Å². The highest BCUT2D eigenvalue weighted by atomic mass is 16.3. The zero-order chi connectivity index (χ0) is 20.3. The molecule has 0 spiro atoms. The maximum Gasteiger partial charge on any atom is 0.324 e. The van der Waals surface area contributed by atoms with Gasteiger partial charge in [-0.05, 0) is 24.0 Å². The molecule has 1 aliphatic heterocycles. The quantitative estimate of drug-likeness (QED) is 0.510. The molecule has 2 atom stereocenters. The third kappa shape index (κ3) is 4.17. The van der Waals surface area contributed by atoms with E-state index in [0.717, 1.165) is 21.4 Å². The number of para-hydroxylation sites is 1. The largest absolute Gasteiger partial charge is 0.394 e. The maximum absolute atomic E-state index is 12.6. The Balaban J connectivity index is 1.58. The van der Waals surface area contributed by atoms with Gasteiger partial charge in [-0.2, -0.15) is 0 Å². The van der Waals surface area contributed by atoms with E-state index in [1.54, 1.807) is 0 Å². The first-order chi connectivity index (χ1) is 13.4. The average molecular weight is 386 g/mol. The Hall–Kier alpha value is -2.87. The number of nitrogens with one attached hydrogen (secondary N) is 3. The van der Waals surface area contributed by atoms with Crippen LogP contribution in [0.1, 0.15) is 25.8 Å². The highest BCUT2D eigenvalue weighted by molar-refractivity contribution is 6.05. The number of H-pyrrole nitrogens is 1. The van der Waals surface area contributed by atoms with Crippen molar-refractivity contribution in [2.45, 2.75) is 38.8 Å². The minimum absolute atomic E-state index is 0.0653. The molecular formula is C20H26N4O4. The van der Waals surface area contributed by atoms with Crippen LogP contribution in [0.2, 0.25) is 0 Å². The third-order valence-electron chi connectivity index (χ3n) is 5.12. The van der Waals surface area contributed by atoms with Gasteiger partial charge in [-0.3, -0.25) is 14.5 Å². The predicted octanol–water partition coefficient (Wildman–Crippen LogP) is 1.15. The number of aromatic nitrogens is 1. The van der Waals surface area contributed by atoms with Crippen LogP contribution in [-0.4, -0.2) is 58.1 Å². The minimum atomic E-state index is -0.873. The molecule has 1 aromatic heterocycles. The topological polar surface area (TPSA) is 115 Å². The van der Waals surface area contributed by atoms with E-state index in [-0.39, 0.29) is 37.4 Å². The summed E-state index contributed by atoms with van der Waals surface area (Å²) in [6.07, 6.45) is 2.27. The van der Waals surface area contributed by atoms with Crippen LogP contribution in [0.4, 0.5) is 4.79 Å². The number of rotatable bonds is 8. The van der Waals surface area contributed by atoms with Gasteiger partial charge in [-0.1, -0.05) is 32.0 Å². The standard InChI is InChI=1S/C20H26N4O4/c1-12(2)17(11-25)22-18(26)9-16-19(27)24(20(28)23-16)8-7-13-10-21-15-6-4-3-5-14(13)15/h3-6,10,12,16-17,21,25H,7-9,11H2,1-2H3,(H,22,26)(H,23,28)/t16-,17-/m1/s1.